The molecule has 0 aliphatic heterocycles. The zero-order chi connectivity index (χ0) is 20.8. The van der Waals surface area contributed by atoms with Gasteiger partial charge in [0.2, 0.25) is 0 Å². The number of rotatable bonds is 2. The molecule has 0 fully saturated rings. The third kappa shape index (κ3) is 3.00. The van der Waals surface area contributed by atoms with Crippen LogP contribution in [0.1, 0.15) is 22.3 Å². The molecule has 0 saturated carbocycles. The van der Waals surface area contributed by atoms with Gasteiger partial charge in [-0.1, -0.05) is 96.1 Å². The van der Waals surface area contributed by atoms with Crippen molar-refractivity contribution in [2.75, 3.05) is 0 Å². The van der Waals surface area contributed by atoms with Gasteiger partial charge in [0.15, 0.2) is 0 Å². The molecule has 0 aromatic heterocycles. The second kappa shape index (κ2) is 7.15. The van der Waals surface area contributed by atoms with Crippen LogP contribution in [0.4, 0.5) is 0 Å². The fourth-order valence-electron chi connectivity index (χ4n) is 4.50. The summed E-state index contributed by atoms with van der Waals surface area (Å²) in [6.07, 6.45) is 0. The van der Waals surface area contributed by atoms with Crippen LogP contribution in [0.5, 0.6) is 0 Å². The molecule has 30 heavy (non-hydrogen) atoms. The van der Waals surface area contributed by atoms with Gasteiger partial charge in [0.25, 0.3) is 0 Å². The van der Waals surface area contributed by atoms with E-state index < -0.39 is 0 Å². The van der Waals surface area contributed by atoms with Crippen LogP contribution in [0.25, 0.3) is 43.8 Å². The number of fused-ring (bicyclic) bond motifs is 2. The van der Waals surface area contributed by atoms with Crippen LogP contribution in [0.3, 0.4) is 0 Å². The van der Waals surface area contributed by atoms with E-state index >= 15 is 0 Å². The van der Waals surface area contributed by atoms with E-state index in [9.17, 15) is 0 Å². The Morgan fingerprint density at radius 3 is 1.13 bits per heavy atom. The highest BCUT2D eigenvalue weighted by Crippen LogP contribution is 2.44. The molecule has 5 aromatic rings. The molecule has 5 rings (SSSR count). The van der Waals surface area contributed by atoms with Crippen LogP contribution in [0.2, 0.25) is 0 Å². The van der Waals surface area contributed by atoms with Gasteiger partial charge in [0, 0.05) is 0 Å². The first kappa shape index (κ1) is 18.6. The Labute approximate surface area is 178 Å². The molecule has 0 saturated heterocycles. The molecular formula is C30H26. The van der Waals surface area contributed by atoms with Crippen molar-refractivity contribution >= 4 is 21.5 Å². The average Bonchev–Trinajstić information content (AvgIpc) is 2.75. The largest absolute Gasteiger partial charge is 0.0616 e. The summed E-state index contributed by atoms with van der Waals surface area (Å²) in [4.78, 5) is 0. The van der Waals surface area contributed by atoms with Crippen molar-refractivity contribution in [2.24, 2.45) is 0 Å². The fourth-order valence-corrected chi connectivity index (χ4v) is 4.50. The SMILES string of the molecule is Cc1ccc(-c2c3ccccc3c(-c3ccc(C)cc3)c3cc(C)c(C)cc23)cc1. The number of hydrogen-bond acceptors (Lipinski definition) is 0. The van der Waals surface area contributed by atoms with E-state index in [-0.39, 0.29) is 0 Å². The Morgan fingerprint density at radius 1 is 0.400 bits per heavy atom. The number of benzene rings is 5. The molecule has 0 unspecified atom stereocenters. The van der Waals surface area contributed by atoms with E-state index in [2.05, 4.69) is 113 Å². The van der Waals surface area contributed by atoms with Crippen molar-refractivity contribution in [2.45, 2.75) is 27.7 Å². The lowest BCUT2D eigenvalue weighted by Gasteiger charge is -2.19. The van der Waals surface area contributed by atoms with Crippen LogP contribution in [-0.2, 0) is 0 Å². The van der Waals surface area contributed by atoms with Crippen molar-refractivity contribution in [3.63, 3.8) is 0 Å². The minimum Gasteiger partial charge on any atom is -0.0616 e. The molecule has 0 atom stereocenters. The van der Waals surface area contributed by atoms with E-state index in [4.69, 9.17) is 0 Å². The van der Waals surface area contributed by atoms with Crippen molar-refractivity contribution in [3.8, 4) is 22.3 Å². The zero-order valence-corrected chi connectivity index (χ0v) is 18.1. The second-order valence-corrected chi connectivity index (χ2v) is 8.51. The summed E-state index contributed by atoms with van der Waals surface area (Å²) in [5.41, 5.74) is 10.5. The molecule has 0 nitrogen and oxygen atoms in total. The molecule has 146 valence electrons. The lowest BCUT2D eigenvalue weighted by Crippen LogP contribution is -1.93. The highest BCUT2D eigenvalue weighted by atomic mass is 14.2. The summed E-state index contributed by atoms with van der Waals surface area (Å²) in [5, 5.41) is 5.29. The molecule has 0 aliphatic rings. The van der Waals surface area contributed by atoms with Crippen LogP contribution in [0.15, 0.2) is 84.9 Å². The van der Waals surface area contributed by atoms with Gasteiger partial charge in [-0.05, 0) is 82.6 Å². The minimum atomic E-state index is 1.28. The van der Waals surface area contributed by atoms with Gasteiger partial charge < -0.3 is 0 Å². The van der Waals surface area contributed by atoms with Crippen LogP contribution in [0, 0.1) is 27.7 Å². The van der Waals surface area contributed by atoms with Gasteiger partial charge in [-0.2, -0.15) is 0 Å². The van der Waals surface area contributed by atoms with E-state index in [1.165, 1.54) is 66.1 Å². The Hall–Kier alpha value is -3.38. The van der Waals surface area contributed by atoms with Gasteiger partial charge in [-0.15, -0.1) is 0 Å². The van der Waals surface area contributed by atoms with Crippen LogP contribution >= 0.6 is 0 Å². The molecule has 0 heterocycles. The molecule has 0 heteroatoms. The molecule has 0 N–H and O–H groups in total. The van der Waals surface area contributed by atoms with Crippen LogP contribution in [-0.4, -0.2) is 0 Å². The third-order valence-electron chi connectivity index (χ3n) is 6.32. The summed E-state index contributed by atoms with van der Waals surface area (Å²) in [6, 6.07) is 31.5. The molecule has 0 aliphatic carbocycles. The van der Waals surface area contributed by atoms with Crippen molar-refractivity contribution in [3.05, 3.63) is 107 Å². The Bertz CT molecular complexity index is 1280. The monoisotopic (exact) mass is 386 g/mol. The Morgan fingerprint density at radius 2 is 0.767 bits per heavy atom. The van der Waals surface area contributed by atoms with Gasteiger partial charge in [-0.25, -0.2) is 0 Å². The fraction of sp³-hybridized carbons (Fsp3) is 0.133. The maximum Gasteiger partial charge on any atom is -0.00263 e. The lowest BCUT2D eigenvalue weighted by molar-refractivity contribution is 1.37. The first-order chi connectivity index (χ1) is 14.5. The second-order valence-electron chi connectivity index (χ2n) is 8.51. The highest BCUT2D eigenvalue weighted by molar-refractivity contribution is 6.21. The predicted octanol–water partition coefficient (Wildman–Crippen LogP) is 8.56. The maximum atomic E-state index is 2.38. The minimum absolute atomic E-state index is 1.28. The van der Waals surface area contributed by atoms with E-state index in [1.54, 1.807) is 0 Å². The smallest absolute Gasteiger partial charge is 0.00263 e. The summed E-state index contributed by atoms with van der Waals surface area (Å²) in [7, 11) is 0. The number of hydrogen-bond donors (Lipinski definition) is 0. The zero-order valence-electron chi connectivity index (χ0n) is 18.1. The maximum absolute atomic E-state index is 2.38. The molecular weight excluding hydrogens is 360 g/mol. The van der Waals surface area contributed by atoms with Crippen molar-refractivity contribution < 1.29 is 0 Å². The predicted molar refractivity (Wildman–Crippen MR) is 131 cm³/mol. The Kier molecular flexibility index (Phi) is 4.44. The standard InChI is InChI=1S/C30H26/c1-19-9-13-23(14-10-19)29-25-7-5-6-8-26(25)30(24-15-11-20(2)12-16-24)28-18-22(4)21(3)17-27(28)29/h5-18H,1-4H3. The first-order valence-electron chi connectivity index (χ1n) is 10.6. The number of aryl methyl sites for hydroxylation is 4. The molecule has 0 spiro atoms. The van der Waals surface area contributed by atoms with Crippen molar-refractivity contribution in [1.82, 2.24) is 0 Å². The molecule has 0 bridgehead atoms. The molecule has 0 radical (unpaired) electrons. The van der Waals surface area contributed by atoms with Crippen LogP contribution < -0.4 is 0 Å². The van der Waals surface area contributed by atoms with E-state index in [0.29, 0.717) is 0 Å². The third-order valence-corrected chi connectivity index (χ3v) is 6.32. The lowest BCUT2D eigenvalue weighted by atomic mass is 9.84. The normalized spacial score (nSPS) is 11.3. The summed E-state index contributed by atoms with van der Waals surface area (Å²) >= 11 is 0. The van der Waals surface area contributed by atoms with Gasteiger partial charge in [0.05, 0.1) is 0 Å². The van der Waals surface area contributed by atoms with Crippen molar-refractivity contribution in [1.29, 1.82) is 0 Å². The van der Waals surface area contributed by atoms with E-state index in [1.807, 2.05) is 0 Å². The summed E-state index contributed by atoms with van der Waals surface area (Å²) in [6.45, 7) is 8.73. The Balaban J connectivity index is 2.00. The van der Waals surface area contributed by atoms with Gasteiger partial charge in [0.1, 0.15) is 0 Å². The van der Waals surface area contributed by atoms with Gasteiger partial charge in [-0.3, -0.25) is 0 Å². The first-order valence-corrected chi connectivity index (χ1v) is 10.6. The van der Waals surface area contributed by atoms with E-state index in [0.717, 1.165) is 0 Å². The topological polar surface area (TPSA) is 0 Å². The molecule has 5 aromatic carbocycles. The van der Waals surface area contributed by atoms with Gasteiger partial charge >= 0.3 is 0 Å². The quantitative estimate of drug-likeness (QED) is 0.267. The highest BCUT2D eigenvalue weighted by Gasteiger charge is 2.17. The average molecular weight is 387 g/mol. The molecule has 0 amide bonds. The summed E-state index contributed by atoms with van der Waals surface area (Å²) in [5.74, 6) is 0. The summed E-state index contributed by atoms with van der Waals surface area (Å²) < 4.78 is 0.